The normalized spacial score (nSPS) is 21.1. The van der Waals surface area contributed by atoms with Gasteiger partial charge in [0.05, 0.1) is 34.9 Å². The van der Waals surface area contributed by atoms with Crippen molar-refractivity contribution in [3.05, 3.63) is 194 Å². The van der Waals surface area contributed by atoms with Crippen LogP contribution in [0.1, 0.15) is 61.5 Å². The van der Waals surface area contributed by atoms with E-state index in [1.165, 1.54) is 131 Å². The van der Waals surface area contributed by atoms with Crippen LogP contribution in [0.4, 0.5) is 43.4 Å². The van der Waals surface area contributed by atoms with E-state index in [9.17, 15) is 66.0 Å². The first-order chi connectivity index (χ1) is 42.6. The van der Waals surface area contributed by atoms with Crippen LogP contribution < -0.4 is 30.1 Å². The summed E-state index contributed by atoms with van der Waals surface area (Å²) >= 11 is 17.3. The molecule has 9 rings (SSSR count). The summed E-state index contributed by atoms with van der Waals surface area (Å²) < 4.78 is 182. The van der Waals surface area contributed by atoms with Gasteiger partial charge in [-0.2, -0.15) is 52.3 Å². The summed E-state index contributed by atoms with van der Waals surface area (Å²) in [7, 11) is -7.87. The van der Waals surface area contributed by atoms with E-state index >= 15 is 0 Å². The van der Waals surface area contributed by atoms with Gasteiger partial charge in [0.25, 0.3) is 30.6 Å². The van der Waals surface area contributed by atoms with Gasteiger partial charge in [-0.05, 0) is 127 Å². The van der Waals surface area contributed by atoms with Gasteiger partial charge in [0, 0.05) is 76.2 Å². The van der Waals surface area contributed by atoms with Gasteiger partial charge in [-0.3, -0.25) is 14.4 Å². The first kappa shape index (κ1) is 73.7. The third-order valence-corrected chi connectivity index (χ3v) is 19.8. The van der Waals surface area contributed by atoms with Crippen LogP contribution >= 0.6 is 34.8 Å². The van der Waals surface area contributed by atoms with Crippen molar-refractivity contribution in [1.82, 2.24) is 27.1 Å². The van der Waals surface area contributed by atoms with Crippen LogP contribution in [0.15, 0.2) is 127 Å². The van der Waals surface area contributed by atoms with Crippen LogP contribution in [0.25, 0.3) is 0 Å². The van der Waals surface area contributed by atoms with Crippen molar-refractivity contribution >= 4 is 100 Å². The van der Waals surface area contributed by atoms with Gasteiger partial charge in [-0.15, -0.1) is 0 Å². The quantitative estimate of drug-likeness (QED) is 0.0440. The average Bonchev–Trinajstić information content (AvgIpc) is 1.01. The Morgan fingerprint density at radius 2 is 0.659 bits per heavy atom. The molecule has 3 aliphatic heterocycles. The number of ether oxygens (including phenoxy) is 3. The number of nitrogens with one attached hydrogen (secondary N) is 6. The number of amides is 3. The summed E-state index contributed by atoms with van der Waals surface area (Å²) in [5, 5.41) is 7.22. The lowest BCUT2D eigenvalue weighted by atomic mass is 9.99. The minimum absolute atomic E-state index is 0. The van der Waals surface area contributed by atoms with Crippen molar-refractivity contribution in [2.75, 3.05) is 76.7 Å². The van der Waals surface area contributed by atoms with Gasteiger partial charge in [0.2, 0.25) is 17.7 Å². The Morgan fingerprint density at radius 3 is 0.868 bits per heavy atom. The summed E-state index contributed by atoms with van der Waals surface area (Å²) in [6.45, 7) is 0.0789. The molecule has 3 amide bonds. The molecule has 6 aromatic rings. The van der Waals surface area contributed by atoms with Crippen LogP contribution in [0, 0.1) is 34.9 Å². The van der Waals surface area contributed by atoms with Gasteiger partial charge in [0.1, 0.15) is 53.0 Å². The number of halogens is 9. The Bertz CT molecular complexity index is 3460. The van der Waals surface area contributed by atoms with Crippen LogP contribution in [-0.2, 0) is 59.2 Å². The molecular formula is C58H64Cl3F6N9O12S3. The van der Waals surface area contributed by atoms with Gasteiger partial charge >= 0.3 is 0 Å². The van der Waals surface area contributed by atoms with Gasteiger partial charge in [-0.1, -0.05) is 78.6 Å². The molecular weight excluding hydrogens is 1330 g/mol. The lowest BCUT2D eigenvalue weighted by molar-refractivity contribution is -0.121. The zero-order chi connectivity index (χ0) is 65.7. The zero-order valence-corrected chi connectivity index (χ0v) is 52.5. The summed E-state index contributed by atoms with van der Waals surface area (Å²) in [5.74, 6) is -5.11. The van der Waals surface area contributed by atoms with E-state index in [2.05, 4.69) is 30.1 Å². The Labute approximate surface area is 538 Å². The van der Waals surface area contributed by atoms with Crippen molar-refractivity contribution in [3.8, 4) is 0 Å². The van der Waals surface area contributed by atoms with Crippen molar-refractivity contribution in [1.29, 1.82) is 0 Å². The fraction of sp³-hybridized carbons (Fsp3) is 0.328. The smallest absolute Gasteiger partial charge is 0.280 e. The molecule has 6 aromatic carbocycles. The van der Waals surface area contributed by atoms with Crippen molar-refractivity contribution in [2.45, 2.75) is 62.9 Å². The minimum Gasteiger partial charge on any atom is -0.383 e. The number of hydrogen-bond donors (Lipinski definition) is 6. The van der Waals surface area contributed by atoms with E-state index in [0.717, 1.165) is 31.1 Å². The van der Waals surface area contributed by atoms with Crippen LogP contribution in [0.2, 0.25) is 15.1 Å². The lowest BCUT2D eigenvalue weighted by Gasteiger charge is -2.38. The highest BCUT2D eigenvalue weighted by Gasteiger charge is 2.45. The molecule has 0 radical (unpaired) electrons. The number of hydrogen-bond acceptors (Lipinski definition) is 12. The number of carbonyl (C=O) groups is 3. The SMILES string of the molecule is C.COCCN1C(C(=O)Nc2ccc(F)c(Cl)c2)CC(c2ccc(F)cc2)NS1(=O)=O.COCCN1[C@@H](C(=O)Nc2ccc(F)c(Cl)c2)C[C@@H](c2ccc(F)cc2)NS1(=O)=O.COCCN1[C@H](C(=O)Nc2ccc(F)c(Cl)c2)C[C@H](c2ccc(F)cc2)NS1(=O)=O. The zero-order valence-electron chi connectivity index (χ0n) is 47.8. The minimum atomic E-state index is -4.04. The molecule has 3 heterocycles. The monoisotopic (exact) mass is 1390 g/mol. The highest BCUT2D eigenvalue weighted by molar-refractivity contribution is 7.87. The number of nitrogens with zero attached hydrogens (tertiary/aromatic N) is 3. The first-order valence-electron chi connectivity index (χ1n) is 27.0. The van der Waals surface area contributed by atoms with E-state index in [4.69, 9.17) is 49.0 Å². The summed E-state index contributed by atoms with van der Waals surface area (Å²) in [4.78, 5) is 38.9. The summed E-state index contributed by atoms with van der Waals surface area (Å²) in [5.41, 5.74) is 2.25. The Hall–Kier alpha value is -6.33. The Kier molecular flexibility index (Phi) is 26.7. The molecule has 91 heavy (non-hydrogen) atoms. The fourth-order valence-corrected chi connectivity index (χ4v) is 14.8. The standard InChI is InChI=1S/3C19H20ClF2N3O4S.CH4/c3*1-29-9-8-25-18(19(26)23-14-6-7-16(22)15(20)10-14)11-17(24-30(25,27)28)12-2-4-13(21)5-3-12;/h3*2-7,10,17-18,24H,8-9,11H2,1H3,(H,23,26);1H4/t2*17-,18+;;/m10../s1. The molecule has 6 N–H and O–H groups in total. The van der Waals surface area contributed by atoms with Gasteiger partial charge in [-0.25, -0.2) is 26.3 Å². The van der Waals surface area contributed by atoms with E-state index in [1.807, 2.05) is 0 Å². The van der Waals surface area contributed by atoms with Crippen LogP contribution in [0.5, 0.6) is 0 Å². The maximum Gasteiger partial charge on any atom is 0.280 e. The summed E-state index contributed by atoms with van der Waals surface area (Å²) in [6, 6.07) is 21.6. The van der Waals surface area contributed by atoms with Crippen LogP contribution in [-0.4, -0.2) is 135 Å². The molecule has 0 aliphatic carbocycles. The third kappa shape index (κ3) is 19.9. The molecule has 0 saturated carbocycles. The maximum absolute atomic E-state index is 13.4. The highest BCUT2D eigenvalue weighted by atomic mass is 35.5. The lowest BCUT2D eigenvalue weighted by Crippen LogP contribution is -2.58. The van der Waals surface area contributed by atoms with E-state index in [-0.39, 0.29) is 98.3 Å². The Balaban J connectivity index is 0.000000216. The first-order valence-corrected chi connectivity index (χ1v) is 32.5. The van der Waals surface area contributed by atoms with Gasteiger partial charge < -0.3 is 30.2 Å². The highest BCUT2D eigenvalue weighted by Crippen LogP contribution is 2.34. The molecule has 494 valence electrons. The molecule has 0 bridgehead atoms. The van der Waals surface area contributed by atoms with E-state index < -0.39 is 120 Å². The second kappa shape index (κ2) is 33.0. The van der Waals surface area contributed by atoms with Crippen molar-refractivity contribution < 1.29 is 80.2 Å². The number of methoxy groups -OCH3 is 3. The number of anilines is 3. The second-order valence-corrected chi connectivity index (χ2v) is 26.3. The number of benzene rings is 6. The second-order valence-electron chi connectivity index (χ2n) is 20.1. The van der Waals surface area contributed by atoms with E-state index in [0.29, 0.717) is 16.7 Å². The average molecular weight is 1400 g/mol. The number of rotatable bonds is 18. The molecule has 3 saturated heterocycles. The van der Waals surface area contributed by atoms with Gasteiger partial charge in [0.15, 0.2) is 0 Å². The predicted octanol–water partition coefficient (Wildman–Crippen LogP) is 9.20. The predicted molar refractivity (Wildman–Crippen MR) is 331 cm³/mol. The largest absolute Gasteiger partial charge is 0.383 e. The van der Waals surface area contributed by atoms with E-state index in [1.54, 1.807) is 0 Å². The molecule has 6 atom stereocenters. The molecule has 2 unspecified atom stereocenters. The maximum atomic E-state index is 13.4. The molecule has 3 aliphatic rings. The molecule has 0 aromatic heterocycles. The molecule has 21 nitrogen and oxygen atoms in total. The number of carbonyl (C=O) groups excluding carboxylic acids is 3. The van der Waals surface area contributed by atoms with Crippen molar-refractivity contribution in [3.63, 3.8) is 0 Å². The van der Waals surface area contributed by atoms with Crippen LogP contribution in [0.3, 0.4) is 0 Å². The third-order valence-electron chi connectivity index (χ3n) is 14.1. The molecule has 3 fully saturated rings. The van der Waals surface area contributed by atoms with Crippen molar-refractivity contribution in [2.24, 2.45) is 0 Å². The molecule has 33 heteroatoms. The fourth-order valence-electron chi connectivity index (χ4n) is 9.59. The summed E-state index contributed by atoms with van der Waals surface area (Å²) in [6.07, 6.45) is 0.278. The Morgan fingerprint density at radius 1 is 0.429 bits per heavy atom. The molecule has 0 spiro atoms. The topological polar surface area (TPSA) is 263 Å².